The second-order valence-electron chi connectivity index (χ2n) is 12.7. The minimum Gasteiger partial charge on any atom is -0.504 e. The number of aliphatic hydroxyl groups excluding tert-OH is 1. The van der Waals surface area contributed by atoms with E-state index in [2.05, 4.69) is 0 Å². The Hall–Kier alpha value is -7.96. The minimum absolute atomic E-state index is 0.219. The zero-order valence-electron chi connectivity index (χ0n) is 30.8. The van der Waals surface area contributed by atoms with E-state index in [1.54, 1.807) is 0 Å². The predicted octanol–water partition coefficient (Wildman–Crippen LogP) is 3.48. The lowest BCUT2D eigenvalue weighted by Gasteiger charge is -2.42. The quantitative estimate of drug-likeness (QED) is 0.0403. The van der Waals surface area contributed by atoms with Crippen molar-refractivity contribution in [1.82, 2.24) is 0 Å². The Morgan fingerprint density at radius 2 is 0.767 bits per heavy atom. The molecular weight excluding hydrogens is 792 g/mol. The molecule has 0 spiro atoms. The largest absolute Gasteiger partial charge is 0.504 e. The first kappa shape index (κ1) is 43.2. The van der Waals surface area contributed by atoms with Crippen LogP contribution < -0.4 is 0 Å². The Kier molecular flexibility index (Phi) is 14.0. The van der Waals surface area contributed by atoms with Crippen molar-refractivity contribution in [2.45, 2.75) is 30.7 Å². The second kappa shape index (κ2) is 19.5. The van der Waals surface area contributed by atoms with E-state index in [1.807, 2.05) is 0 Å². The molecule has 1 saturated heterocycles. The zero-order valence-corrected chi connectivity index (χ0v) is 30.8. The fourth-order valence-corrected chi connectivity index (χ4v) is 5.40. The average molecular weight is 829 g/mol. The number of ether oxygens (including phenoxy) is 5. The third kappa shape index (κ3) is 11.8. The second-order valence-corrected chi connectivity index (χ2v) is 12.7. The van der Waals surface area contributed by atoms with Gasteiger partial charge in [0.25, 0.3) is 0 Å². The van der Waals surface area contributed by atoms with Crippen LogP contribution in [0.5, 0.6) is 46.0 Å². The lowest BCUT2D eigenvalue weighted by Crippen LogP contribution is -2.62. The van der Waals surface area contributed by atoms with E-state index in [9.17, 15) is 65.1 Å². The van der Waals surface area contributed by atoms with Crippen molar-refractivity contribution in [3.8, 4) is 46.0 Å². The lowest BCUT2D eigenvalue weighted by atomic mass is 9.98. The molecule has 9 N–H and O–H groups in total. The molecule has 1 aliphatic rings. The summed E-state index contributed by atoms with van der Waals surface area (Å²) in [7, 11) is 0. The van der Waals surface area contributed by atoms with Gasteiger partial charge < -0.3 is 69.6 Å². The summed E-state index contributed by atoms with van der Waals surface area (Å²) < 4.78 is 27.6. The first-order chi connectivity index (χ1) is 28.6. The molecule has 4 aromatic rings. The molecule has 1 fully saturated rings. The van der Waals surface area contributed by atoms with Crippen LogP contribution in [0.3, 0.4) is 0 Å². The number of esters is 4. The molecule has 5 rings (SSSR count). The normalized spacial score (nSPS) is 19.1. The molecular formula is C42H36O18. The smallest absolute Gasteiger partial charge is 0.331 e. The summed E-state index contributed by atoms with van der Waals surface area (Å²) in [4.78, 5) is 52.5. The molecule has 18 heteroatoms. The van der Waals surface area contributed by atoms with Crippen LogP contribution in [0.4, 0.5) is 0 Å². The van der Waals surface area contributed by atoms with Gasteiger partial charge >= 0.3 is 23.9 Å². The molecule has 60 heavy (non-hydrogen) atoms. The summed E-state index contributed by atoms with van der Waals surface area (Å²) in [5.74, 6) is -8.15. The number of aliphatic hydroxyl groups is 1. The van der Waals surface area contributed by atoms with Crippen molar-refractivity contribution in [1.29, 1.82) is 0 Å². The van der Waals surface area contributed by atoms with E-state index in [1.165, 1.54) is 54.6 Å². The van der Waals surface area contributed by atoms with Crippen LogP contribution in [0.25, 0.3) is 24.3 Å². The van der Waals surface area contributed by atoms with Gasteiger partial charge in [-0.25, -0.2) is 19.2 Å². The van der Waals surface area contributed by atoms with Gasteiger partial charge in [-0.15, -0.1) is 0 Å². The van der Waals surface area contributed by atoms with Gasteiger partial charge in [0.15, 0.2) is 70.6 Å². The maximum absolute atomic E-state index is 13.3. The third-order valence-electron chi connectivity index (χ3n) is 8.40. The van der Waals surface area contributed by atoms with Crippen LogP contribution in [0.1, 0.15) is 22.3 Å². The molecule has 18 nitrogen and oxygen atoms in total. The molecule has 0 saturated carbocycles. The first-order valence-electron chi connectivity index (χ1n) is 17.5. The summed E-state index contributed by atoms with van der Waals surface area (Å²) in [6, 6.07) is 14.6. The summed E-state index contributed by atoms with van der Waals surface area (Å²) in [6.45, 7) is -0.782. The van der Waals surface area contributed by atoms with Crippen molar-refractivity contribution in [3.63, 3.8) is 0 Å². The topological polar surface area (TPSA) is 296 Å². The third-order valence-corrected chi connectivity index (χ3v) is 8.40. The summed E-state index contributed by atoms with van der Waals surface area (Å²) in [5.41, 5.74) is 0.965. The maximum Gasteiger partial charge on any atom is 0.331 e. The summed E-state index contributed by atoms with van der Waals surface area (Å²) in [5, 5.41) is 88.8. The van der Waals surface area contributed by atoms with E-state index >= 15 is 0 Å². The fraction of sp³-hybridized carbons (Fsp3) is 0.143. The van der Waals surface area contributed by atoms with E-state index in [0.29, 0.717) is 0 Å². The molecule has 4 aromatic carbocycles. The van der Waals surface area contributed by atoms with Crippen LogP contribution in [-0.4, -0.2) is 107 Å². The number of hydrogen-bond donors (Lipinski definition) is 9. The predicted molar refractivity (Wildman–Crippen MR) is 207 cm³/mol. The highest BCUT2D eigenvalue weighted by molar-refractivity contribution is 5.90. The van der Waals surface area contributed by atoms with Crippen LogP contribution in [-0.2, 0) is 42.9 Å². The van der Waals surface area contributed by atoms with Gasteiger partial charge in [-0.05, 0) is 95.1 Å². The first-order valence-corrected chi connectivity index (χ1v) is 17.5. The lowest BCUT2D eigenvalue weighted by molar-refractivity contribution is -0.294. The molecule has 5 atom stereocenters. The molecule has 0 radical (unpaired) electrons. The Bertz CT molecular complexity index is 2360. The van der Waals surface area contributed by atoms with Gasteiger partial charge in [0.05, 0.1) is 0 Å². The van der Waals surface area contributed by atoms with Gasteiger partial charge in [-0.2, -0.15) is 0 Å². The van der Waals surface area contributed by atoms with Crippen LogP contribution in [0, 0.1) is 0 Å². The molecule has 0 amide bonds. The van der Waals surface area contributed by atoms with Gasteiger partial charge in [-0.3, -0.25) is 0 Å². The monoisotopic (exact) mass is 828 g/mol. The number of hydrogen-bond acceptors (Lipinski definition) is 18. The fourth-order valence-electron chi connectivity index (χ4n) is 5.40. The highest BCUT2D eigenvalue weighted by Gasteiger charge is 2.52. The Balaban J connectivity index is 1.45. The molecule has 0 unspecified atom stereocenters. The molecule has 0 aromatic heterocycles. The molecule has 0 aliphatic carbocycles. The van der Waals surface area contributed by atoms with E-state index in [-0.39, 0.29) is 22.3 Å². The number of rotatable bonds is 13. The van der Waals surface area contributed by atoms with Crippen molar-refractivity contribution >= 4 is 48.2 Å². The Morgan fingerprint density at radius 3 is 1.12 bits per heavy atom. The van der Waals surface area contributed by atoms with E-state index in [4.69, 9.17) is 23.7 Å². The van der Waals surface area contributed by atoms with E-state index in [0.717, 1.165) is 66.8 Å². The highest BCUT2D eigenvalue weighted by Crippen LogP contribution is 2.31. The molecule has 1 heterocycles. The molecule has 1 aliphatic heterocycles. The van der Waals surface area contributed by atoms with Crippen LogP contribution in [0.15, 0.2) is 97.1 Å². The number of benzene rings is 4. The number of phenols is 8. The van der Waals surface area contributed by atoms with Crippen molar-refractivity contribution in [2.75, 3.05) is 6.61 Å². The van der Waals surface area contributed by atoms with Crippen molar-refractivity contribution in [2.24, 2.45) is 0 Å². The van der Waals surface area contributed by atoms with Crippen LogP contribution in [0.2, 0.25) is 0 Å². The van der Waals surface area contributed by atoms with Crippen LogP contribution >= 0.6 is 0 Å². The number of phenolic OH excluding ortho intramolecular Hbond substituents is 8. The van der Waals surface area contributed by atoms with Gasteiger partial charge in [-0.1, -0.05) is 24.3 Å². The standard InChI is InChI=1S/C42H36O18/c43-26-9-1-22(17-30(26)47)5-13-35(51)56-21-34-39(58-36(52)14-6-23-2-10-27(44)31(48)18-23)40(59-37(53)15-7-24-3-11-28(45)32(49)19-24)41(42(55)57-34)60-38(54)16-8-25-4-12-29(46)33(50)20-25/h1-20,34,39-50,55H,21H2/b13-5+,14-6+,15-7+,16-8+/t34-,39-,40+,41-,42-/m1/s1. The number of carbonyl (C=O) groups excluding carboxylic acids is 4. The van der Waals surface area contributed by atoms with Crippen molar-refractivity contribution < 1.29 is 88.8 Å². The molecule has 312 valence electrons. The van der Waals surface area contributed by atoms with Gasteiger partial charge in [0.2, 0.25) is 0 Å². The number of carbonyl (C=O) groups is 4. The Morgan fingerprint density at radius 1 is 0.450 bits per heavy atom. The SMILES string of the molecule is O=C(/C=C/c1ccc(O)c(O)c1)OC[C@H]1O[C@@H](O)[C@H](OC(=O)/C=C/c2ccc(O)c(O)c2)[C@@H](OC(=O)/C=C/c2ccc(O)c(O)c2)[C@@H]1OC(=O)/C=C/c1ccc(O)c(O)c1. The average Bonchev–Trinajstić information content (AvgIpc) is 3.21. The molecule has 0 bridgehead atoms. The summed E-state index contributed by atoms with van der Waals surface area (Å²) >= 11 is 0. The van der Waals surface area contributed by atoms with Gasteiger partial charge in [0.1, 0.15) is 12.7 Å². The van der Waals surface area contributed by atoms with E-state index < -0.39 is 107 Å². The number of aromatic hydroxyl groups is 8. The summed E-state index contributed by atoms with van der Waals surface area (Å²) in [6.07, 6.45) is -1.16. The Labute approximate surface area is 339 Å². The van der Waals surface area contributed by atoms with Crippen molar-refractivity contribution in [3.05, 3.63) is 119 Å². The highest BCUT2D eigenvalue weighted by atomic mass is 16.7. The maximum atomic E-state index is 13.3. The minimum atomic E-state index is -2.14. The zero-order chi connectivity index (χ0) is 43.5. The van der Waals surface area contributed by atoms with Gasteiger partial charge in [0, 0.05) is 24.3 Å².